The van der Waals surface area contributed by atoms with Gasteiger partial charge in [0, 0.05) is 0 Å². The van der Waals surface area contributed by atoms with E-state index in [4.69, 9.17) is 10.2 Å². The van der Waals surface area contributed by atoms with Crippen molar-refractivity contribution in [3.8, 4) is 0 Å². The summed E-state index contributed by atoms with van der Waals surface area (Å²) < 4.78 is 8.14. The van der Waals surface area contributed by atoms with Crippen LogP contribution in [0, 0.1) is 0 Å². The third-order valence-corrected chi connectivity index (χ3v) is 1.18. The highest BCUT2D eigenvalue weighted by Gasteiger charge is 2.31. The maximum absolute atomic E-state index is 10.5. The van der Waals surface area contributed by atoms with Gasteiger partial charge in [0.15, 0.2) is 12.2 Å². The zero-order valence-corrected chi connectivity index (χ0v) is 7.39. The molecule has 0 fully saturated rings. The normalized spacial score (nSPS) is 13.5. The van der Waals surface area contributed by atoms with E-state index in [-0.39, 0.29) is 6.15 Å². The zero-order chi connectivity index (χ0) is 9.72. The van der Waals surface area contributed by atoms with Gasteiger partial charge in [-0.05, 0) is 0 Å². The largest absolute Gasteiger partial charge is 0.467 e. The molecule has 0 aliphatic heterocycles. The molecule has 0 saturated carbocycles. The Labute approximate surface area is 74.8 Å². The highest BCUT2D eigenvalue weighted by molar-refractivity contribution is 5.85. The third-order valence-electron chi connectivity index (χ3n) is 1.18. The summed E-state index contributed by atoms with van der Waals surface area (Å²) in [6, 6.07) is 0. The minimum atomic E-state index is -1.90. The van der Waals surface area contributed by atoms with Crippen molar-refractivity contribution in [3.05, 3.63) is 0 Å². The molecule has 0 amide bonds. The summed E-state index contributed by atoms with van der Waals surface area (Å²) in [5.41, 5.74) is 0. The fourth-order valence-electron chi connectivity index (χ4n) is 0.499. The summed E-state index contributed by atoms with van der Waals surface area (Å²) >= 11 is 0. The number of carbonyl (C=O) groups excluding carboxylic acids is 2. The van der Waals surface area contributed by atoms with Gasteiger partial charge in [0.05, 0.1) is 14.2 Å². The van der Waals surface area contributed by atoms with Gasteiger partial charge in [0.25, 0.3) is 0 Å². The number of hydrogen-bond acceptors (Lipinski definition) is 7. The summed E-state index contributed by atoms with van der Waals surface area (Å²) in [5.74, 6) is -2.18. The first kappa shape index (κ1) is 14.3. The van der Waals surface area contributed by atoms with E-state index in [0.717, 1.165) is 14.2 Å². The van der Waals surface area contributed by atoms with Gasteiger partial charge < -0.3 is 25.8 Å². The summed E-state index contributed by atoms with van der Waals surface area (Å²) in [6.07, 6.45) is -3.80. The van der Waals surface area contributed by atoms with Crippen LogP contribution in [0.3, 0.4) is 0 Å². The van der Waals surface area contributed by atoms with E-state index in [1.54, 1.807) is 0 Å². The standard InChI is InChI=1S/C6H10O6.H3N/c1-11-5(9)3(7)4(8)6(10)12-2;/h3-4,7-8H,1-2H3;1H3. The number of ether oxygens (including phenoxy) is 2. The van der Waals surface area contributed by atoms with Crippen molar-refractivity contribution in [2.75, 3.05) is 14.2 Å². The lowest BCUT2D eigenvalue weighted by Gasteiger charge is -2.12. The third kappa shape index (κ3) is 3.83. The van der Waals surface area contributed by atoms with E-state index >= 15 is 0 Å². The van der Waals surface area contributed by atoms with Gasteiger partial charge in [-0.3, -0.25) is 0 Å². The average molecular weight is 195 g/mol. The Balaban J connectivity index is 0. The number of aliphatic hydroxyl groups is 2. The number of carbonyl (C=O) groups is 2. The molecule has 2 unspecified atom stereocenters. The first-order valence-corrected chi connectivity index (χ1v) is 3.06. The fourth-order valence-corrected chi connectivity index (χ4v) is 0.499. The van der Waals surface area contributed by atoms with Crippen molar-refractivity contribution in [2.45, 2.75) is 12.2 Å². The molecule has 0 aromatic carbocycles. The number of rotatable bonds is 3. The predicted octanol–water partition coefficient (Wildman–Crippen LogP) is -1.78. The number of hydrogen-bond donors (Lipinski definition) is 3. The Bertz CT molecular complexity index is 162. The van der Waals surface area contributed by atoms with Crippen LogP contribution in [0.1, 0.15) is 0 Å². The molecular formula is C6H13NO6. The lowest BCUT2D eigenvalue weighted by Crippen LogP contribution is -2.40. The van der Waals surface area contributed by atoms with Crippen LogP contribution in [-0.4, -0.2) is 48.6 Å². The lowest BCUT2D eigenvalue weighted by atomic mass is 10.2. The molecule has 7 nitrogen and oxygen atoms in total. The molecule has 0 aromatic heterocycles. The van der Waals surface area contributed by atoms with Crippen molar-refractivity contribution in [1.82, 2.24) is 6.15 Å². The SMILES string of the molecule is COC(=O)C(O)C(O)C(=O)OC.N. The van der Waals surface area contributed by atoms with Crippen LogP contribution >= 0.6 is 0 Å². The van der Waals surface area contributed by atoms with E-state index in [2.05, 4.69) is 9.47 Å². The molecule has 7 heteroatoms. The van der Waals surface area contributed by atoms with Gasteiger partial charge in [-0.25, -0.2) is 9.59 Å². The number of methoxy groups -OCH3 is 2. The van der Waals surface area contributed by atoms with Gasteiger partial charge in [-0.15, -0.1) is 0 Å². The first-order valence-electron chi connectivity index (χ1n) is 3.06. The van der Waals surface area contributed by atoms with Crippen LogP contribution < -0.4 is 6.15 Å². The quantitative estimate of drug-likeness (QED) is 0.454. The van der Waals surface area contributed by atoms with Crippen LogP contribution in [0.25, 0.3) is 0 Å². The topological polar surface area (TPSA) is 128 Å². The Morgan fingerprint density at radius 3 is 1.38 bits per heavy atom. The van der Waals surface area contributed by atoms with E-state index < -0.39 is 24.1 Å². The molecule has 13 heavy (non-hydrogen) atoms. The Morgan fingerprint density at radius 1 is 1.00 bits per heavy atom. The van der Waals surface area contributed by atoms with Crippen LogP contribution in [-0.2, 0) is 19.1 Å². The van der Waals surface area contributed by atoms with Gasteiger partial charge in [-0.2, -0.15) is 0 Å². The Hall–Kier alpha value is -1.18. The van der Waals surface area contributed by atoms with Gasteiger partial charge in [-0.1, -0.05) is 0 Å². The van der Waals surface area contributed by atoms with Crippen LogP contribution in [0.2, 0.25) is 0 Å². The predicted molar refractivity (Wildman–Crippen MR) is 41.1 cm³/mol. The van der Waals surface area contributed by atoms with Crippen LogP contribution in [0.4, 0.5) is 0 Å². The Morgan fingerprint density at radius 2 is 1.23 bits per heavy atom. The van der Waals surface area contributed by atoms with Gasteiger partial charge in [0.2, 0.25) is 0 Å². The molecule has 0 rings (SSSR count). The molecule has 2 atom stereocenters. The molecule has 0 spiro atoms. The van der Waals surface area contributed by atoms with Crippen LogP contribution in [0.15, 0.2) is 0 Å². The summed E-state index contributed by atoms with van der Waals surface area (Å²) in [4.78, 5) is 21.1. The van der Waals surface area contributed by atoms with E-state index in [9.17, 15) is 9.59 Å². The molecule has 0 aliphatic rings. The molecule has 0 aliphatic carbocycles. The lowest BCUT2D eigenvalue weighted by molar-refractivity contribution is -0.169. The Kier molecular flexibility index (Phi) is 7.01. The minimum Gasteiger partial charge on any atom is -0.467 e. The first-order chi connectivity index (χ1) is 5.54. The monoisotopic (exact) mass is 195 g/mol. The molecule has 78 valence electrons. The maximum atomic E-state index is 10.5. The fraction of sp³-hybridized carbons (Fsp3) is 0.667. The number of aliphatic hydroxyl groups excluding tert-OH is 2. The second-order valence-corrected chi connectivity index (χ2v) is 1.94. The molecule has 5 N–H and O–H groups in total. The van der Waals surface area contributed by atoms with Crippen molar-refractivity contribution in [2.24, 2.45) is 0 Å². The molecule has 0 aromatic rings. The van der Waals surface area contributed by atoms with Crippen molar-refractivity contribution in [3.63, 3.8) is 0 Å². The average Bonchev–Trinajstić information content (AvgIpc) is 2.12. The molecule has 0 saturated heterocycles. The van der Waals surface area contributed by atoms with Gasteiger partial charge in [0.1, 0.15) is 0 Å². The molecule has 0 bridgehead atoms. The van der Waals surface area contributed by atoms with Crippen molar-refractivity contribution < 1.29 is 29.3 Å². The van der Waals surface area contributed by atoms with Crippen molar-refractivity contribution in [1.29, 1.82) is 0 Å². The highest BCUT2D eigenvalue weighted by Crippen LogP contribution is 1.97. The molecular weight excluding hydrogens is 182 g/mol. The summed E-state index contributed by atoms with van der Waals surface area (Å²) in [6.45, 7) is 0. The van der Waals surface area contributed by atoms with Crippen LogP contribution in [0.5, 0.6) is 0 Å². The van der Waals surface area contributed by atoms with E-state index in [0.29, 0.717) is 0 Å². The maximum Gasteiger partial charge on any atom is 0.338 e. The summed E-state index contributed by atoms with van der Waals surface area (Å²) in [5, 5.41) is 17.7. The molecule has 0 heterocycles. The minimum absolute atomic E-state index is 0. The highest BCUT2D eigenvalue weighted by atomic mass is 16.6. The number of esters is 2. The summed E-state index contributed by atoms with van der Waals surface area (Å²) in [7, 11) is 2.05. The van der Waals surface area contributed by atoms with E-state index in [1.165, 1.54) is 0 Å². The smallest absolute Gasteiger partial charge is 0.338 e. The van der Waals surface area contributed by atoms with Crippen molar-refractivity contribution >= 4 is 11.9 Å². The van der Waals surface area contributed by atoms with Gasteiger partial charge >= 0.3 is 11.9 Å². The second kappa shape index (κ2) is 6.35. The van der Waals surface area contributed by atoms with E-state index in [1.807, 2.05) is 0 Å². The zero-order valence-electron chi connectivity index (χ0n) is 7.39. The molecule has 0 radical (unpaired) electrons. The second-order valence-electron chi connectivity index (χ2n) is 1.94.